The average Bonchev–Trinajstić information content (AvgIpc) is 2.97. The van der Waals surface area contributed by atoms with Crippen LogP contribution < -0.4 is 24.4 Å². The molecule has 39 heavy (non-hydrogen) atoms. The molecule has 0 saturated heterocycles. The van der Waals surface area contributed by atoms with E-state index in [1.807, 2.05) is 30.3 Å². The van der Waals surface area contributed by atoms with E-state index in [0.717, 1.165) is 5.56 Å². The van der Waals surface area contributed by atoms with Crippen LogP contribution in [0.1, 0.15) is 21.5 Å². The number of hydrogen-bond donors (Lipinski definition) is 1. The number of hydrogen-bond acceptors (Lipinski definition) is 7. The number of nitrogens with zero attached hydrogens (tertiary/aromatic N) is 1. The molecule has 4 aromatic rings. The number of methoxy groups -OCH3 is 1. The van der Waals surface area contributed by atoms with Crippen LogP contribution in [0, 0.1) is 0 Å². The van der Waals surface area contributed by atoms with Gasteiger partial charge in [0.25, 0.3) is 5.91 Å². The molecular formula is C30H25ClN2O6. The van der Waals surface area contributed by atoms with Gasteiger partial charge in [0, 0.05) is 5.02 Å². The summed E-state index contributed by atoms with van der Waals surface area (Å²) in [7, 11) is 1.46. The number of nitrogens with one attached hydrogen (secondary N) is 1. The van der Waals surface area contributed by atoms with Gasteiger partial charge in [-0.3, -0.25) is 4.79 Å². The molecule has 0 fully saturated rings. The molecule has 4 rings (SSSR count). The Labute approximate surface area is 230 Å². The minimum atomic E-state index is -0.548. The second-order valence-corrected chi connectivity index (χ2v) is 8.57. The van der Waals surface area contributed by atoms with E-state index in [1.165, 1.54) is 13.3 Å². The lowest BCUT2D eigenvalue weighted by atomic mass is 10.2. The average molecular weight is 545 g/mol. The lowest BCUT2D eigenvalue weighted by molar-refractivity contribution is -0.123. The third-order valence-electron chi connectivity index (χ3n) is 5.32. The second kappa shape index (κ2) is 13.6. The molecule has 0 aliphatic rings. The zero-order valence-electron chi connectivity index (χ0n) is 21.0. The van der Waals surface area contributed by atoms with E-state index in [-0.39, 0.29) is 12.4 Å². The first kappa shape index (κ1) is 27.2. The van der Waals surface area contributed by atoms with Gasteiger partial charge in [-0.2, -0.15) is 5.10 Å². The van der Waals surface area contributed by atoms with Gasteiger partial charge < -0.3 is 18.9 Å². The Morgan fingerprint density at radius 2 is 1.54 bits per heavy atom. The van der Waals surface area contributed by atoms with Crippen molar-refractivity contribution in [1.29, 1.82) is 0 Å². The van der Waals surface area contributed by atoms with Crippen LogP contribution in [-0.2, 0) is 11.4 Å². The Balaban J connectivity index is 1.23. The van der Waals surface area contributed by atoms with E-state index in [0.29, 0.717) is 40.0 Å². The summed E-state index contributed by atoms with van der Waals surface area (Å²) in [6, 6.07) is 28.1. The zero-order valence-corrected chi connectivity index (χ0v) is 21.8. The number of hydrazone groups is 1. The molecule has 0 aliphatic carbocycles. The number of benzene rings is 4. The van der Waals surface area contributed by atoms with Gasteiger partial charge in [-0.1, -0.05) is 41.9 Å². The topological polar surface area (TPSA) is 95.5 Å². The summed E-state index contributed by atoms with van der Waals surface area (Å²) in [5, 5.41) is 4.46. The maximum absolute atomic E-state index is 12.4. The first-order chi connectivity index (χ1) is 19.0. The van der Waals surface area contributed by atoms with Crippen LogP contribution >= 0.6 is 11.6 Å². The summed E-state index contributed by atoms with van der Waals surface area (Å²) in [4.78, 5) is 24.5. The van der Waals surface area contributed by atoms with Crippen LogP contribution in [0.2, 0.25) is 5.02 Å². The first-order valence-electron chi connectivity index (χ1n) is 11.9. The number of carbonyl (C=O) groups is 2. The SMILES string of the molecule is COc1cc(/C=N/NC(=O)COc2ccc(OCc3ccccc3)cc2)ccc1OC(=O)c1ccc(Cl)cc1. The molecular weight excluding hydrogens is 520 g/mol. The number of halogens is 1. The quantitative estimate of drug-likeness (QED) is 0.113. The largest absolute Gasteiger partial charge is 0.493 e. The lowest BCUT2D eigenvalue weighted by Gasteiger charge is -2.10. The summed E-state index contributed by atoms with van der Waals surface area (Å²) >= 11 is 5.86. The maximum atomic E-state index is 12.4. The molecule has 0 radical (unpaired) electrons. The number of carbonyl (C=O) groups excluding carboxylic acids is 2. The Hall–Kier alpha value is -4.82. The van der Waals surface area contributed by atoms with Gasteiger partial charge in [-0.05, 0) is 77.9 Å². The van der Waals surface area contributed by atoms with Gasteiger partial charge >= 0.3 is 5.97 Å². The molecule has 198 valence electrons. The van der Waals surface area contributed by atoms with Crippen molar-refractivity contribution in [3.8, 4) is 23.0 Å². The van der Waals surface area contributed by atoms with Crippen LogP contribution in [-0.4, -0.2) is 31.8 Å². The summed E-state index contributed by atoms with van der Waals surface area (Å²) in [6.07, 6.45) is 1.43. The van der Waals surface area contributed by atoms with Gasteiger partial charge in [-0.25, -0.2) is 10.2 Å². The molecule has 8 nitrogen and oxygen atoms in total. The predicted molar refractivity (Wildman–Crippen MR) is 148 cm³/mol. The van der Waals surface area contributed by atoms with Crippen molar-refractivity contribution in [2.24, 2.45) is 5.10 Å². The minimum absolute atomic E-state index is 0.218. The Bertz CT molecular complexity index is 1420. The first-order valence-corrected chi connectivity index (χ1v) is 12.3. The Morgan fingerprint density at radius 1 is 0.846 bits per heavy atom. The normalized spacial score (nSPS) is 10.6. The zero-order chi connectivity index (χ0) is 27.5. The predicted octanol–water partition coefficient (Wildman–Crippen LogP) is 5.68. The molecule has 0 unspecified atom stereocenters. The standard InChI is InChI=1S/C30H25ClN2O6/c1-36-28-17-22(7-16-27(28)39-30(35)23-8-10-24(31)11-9-23)18-32-33-29(34)20-38-26-14-12-25(13-15-26)37-19-21-5-3-2-4-6-21/h2-18H,19-20H2,1H3,(H,33,34)/b32-18+. The van der Waals surface area contributed by atoms with Gasteiger partial charge in [0.15, 0.2) is 18.1 Å². The molecule has 0 heterocycles. The number of amides is 1. The van der Waals surface area contributed by atoms with Crippen molar-refractivity contribution >= 4 is 29.7 Å². The molecule has 0 spiro atoms. The van der Waals surface area contributed by atoms with Gasteiger partial charge in [-0.15, -0.1) is 0 Å². The van der Waals surface area contributed by atoms with E-state index in [1.54, 1.807) is 66.7 Å². The molecule has 0 saturated carbocycles. The molecule has 4 aromatic carbocycles. The Kier molecular flexibility index (Phi) is 9.52. The van der Waals surface area contributed by atoms with Crippen LogP contribution in [0.3, 0.4) is 0 Å². The monoisotopic (exact) mass is 544 g/mol. The fraction of sp³-hybridized carbons (Fsp3) is 0.100. The van der Waals surface area contributed by atoms with Crippen molar-refractivity contribution in [2.75, 3.05) is 13.7 Å². The smallest absolute Gasteiger partial charge is 0.343 e. The number of rotatable bonds is 11. The highest BCUT2D eigenvalue weighted by molar-refractivity contribution is 6.30. The third-order valence-corrected chi connectivity index (χ3v) is 5.57. The fourth-order valence-corrected chi connectivity index (χ4v) is 3.45. The number of esters is 1. The van der Waals surface area contributed by atoms with E-state index in [2.05, 4.69) is 10.5 Å². The van der Waals surface area contributed by atoms with Crippen LogP contribution in [0.5, 0.6) is 23.0 Å². The van der Waals surface area contributed by atoms with Crippen LogP contribution in [0.25, 0.3) is 0 Å². The van der Waals surface area contributed by atoms with E-state index in [9.17, 15) is 9.59 Å². The van der Waals surface area contributed by atoms with Crippen LogP contribution in [0.4, 0.5) is 0 Å². The van der Waals surface area contributed by atoms with Crippen molar-refractivity contribution < 1.29 is 28.5 Å². The van der Waals surface area contributed by atoms with Gasteiger partial charge in [0.1, 0.15) is 18.1 Å². The molecule has 0 aliphatic heterocycles. The summed E-state index contributed by atoms with van der Waals surface area (Å²) in [5.74, 6) is 0.802. The van der Waals surface area contributed by atoms with E-state index < -0.39 is 11.9 Å². The summed E-state index contributed by atoms with van der Waals surface area (Å²) < 4.78 is 22.0. The summed E-state index contributed by atoms with van der Waals surface area (Å²) in [5.41, 5.74) is 4.44. The molecule has 0 bridgehead atoms. The lowest BCUT2D eigenvalue weighted by Crippen LogP contribution is -2.24. The van der Waals surface area contributed by atoms with E-state index in [4.69, 9.17) is 30.5 Å². The molecule has 0 atom stereocenters. The number of ether oxygens (including phenoxy) is 4. The van der Waals surface area contributed by atoms with Crippen molar-refractivity contribution in [3.05, 3.63) is 119 Å². The van der Waals surface area contributed by atoms with Crippen LogP contribution in [0.15, 0.2) is 102 Å². The van der Waals surface area contributed by atoms with Gasteiger partial charge in [0.05, 0.1) is 18.9 Å². The second-order valence-electron chi connectivity index (χ2n) is 8.13. The van der Waals surface area contributed by atoms with Crippen molar-refractivity contribution in [1.82, 2.24) is 5.43 Å². The highest BCUT2D eigenvalue weighted by Crippen LogP contribution is 2.28. The highest BCUT2D eigenvalue weighted by Gasteiger charge is 2.13. The molecule has 1 N–H and O–H groups in total. The maximum Gasteiger partial charge on any atom is 0.343 e. The van der Waals surface area contributed by atoms with E-state index >= 15 is 0 Å². The van der Waals surface area contributed by atoms with Crippen molar-refractivity contribution in [3.63, 3.8) is 0 Å². The Morgan fingerprint density at radius 3 is 2.23 bits per heavy atom. The van der Waals surface area contributed by atoms with Gasteiger partial charge in [0.2, 0.25) is 0 Å². The molecule has 9 heteroatoms. The highest BCUT2D eigenvalue weighted by atomic mass is 35.5. The fourth-order valence-electron chi connectivity index (χ4n) is 3.33. The minimum Gasteiger partial charge on any atom is -0.493 e. The molecule has 0 aromatic heterocycles. The van der Waals surface area contributed by atoms with Crippen molar-refractivity contribution in [2.45, 2.75) is 6.61 Å². The third kappa shape index (κ3) is 8.34. The summed E-state index contributed by atoms with van der Waals surface area (Å²) in [6.45, 7) is 0.245. The molecule has 1 amide bonds.